The zero-order valence-electron chi connectivity index (χ0n) is 6.54. The molecule has 0 aliphatic rings. The number of aliphatic hydroxyl groups is 1. The van der Waals surface area contributed by atoms with Crippen LogP contribution in [0.15, 0.2) is 23.1 Å². The van der Waals surface area contributed by atoms with Crippen LogP contribution in [0, 0.1) is 6.92 Å². The van der Waals surface area contributed by atoms with E-state index in [0.717, 1.165) is 10.5 Å². The number of thiol groups is 1. The predicted molar refractivity (Wildman–Crippen MR) is 49.2 cm³/mol. The maximum atomic E-state index is 8.73. The van der Waals surface area contributed by atoms with Gasteiger partial charge in [-0.05, 0) is 30.5 Å². The third-order valence-electron chi connectivity index (χ3n) is 1.75. The Morgan fingerprint density at radius 3 is 2.73 bits per heavy atom. The molecule has 2 heteroatoms. The van der Waals surface area contributed by atoms with Gasteiger partial charge >= 0.3 is 0 Å². The van der Waals surface area contributed by atoms with Crippen LogP contribution < -0.4 is 0 Å². The molecule has 0 saturated heterocycles. The standard InChI is InChI=1S/C9H12OS/c1-7-3-2-4-9(11)8(7)5-6-10/h2-4,10-11H,5-6H2,1H3. The molecule has 0 aliphatic heterocycles. The maximum Gasteiger partial charge on any atom is 0.0471 e. The molecule has 0 aromatic heterocycles. The molecule has 1 N–H and O–H groups in total. The second kappa shape index (κ2) is 3.79. The first-order valence-electron chi connectivity index (χ1n) is 3.64. The maximum absolute atomic E-state index is 8.73. The largest absolute Gasteiger partial charge is 0.396 e. The van der Waals surface area contributed by atoms with E-state index >= 15 is 0 Å². The Balaban J connectivity index is 3.00. The summed E-state index contributed by atoms with van der Waals surface area (Å²) in [7, 11) is 0. The van der Waals surface area contributed by atoms with E-state index in [2.05, 4.69) is 12.6 Å². The molecule has 0 bridgehead atoms. The number of rotatable bonds is 2. The van der Waals surface area contributed by atoms with Crippen LogP contribution in [0.5, 0.6) is 0 Å². The van der Waals surface area contributed by atoms with Crippen LogP contribution >= 0.6 is 12.6 Å². The Bertz CT molecular complexity index is 225. The van der Waals surface area contributed by atoms with Crippen LogP contribution in [0.25, 0.3) is 0 Å². The summed E-state index contributed by atoms with van der Waals surface area (Å²) in [6, 6.07) is 5.95. The molecule has 0 radical (unpaired) electrons. The van der Waals surface area contributed by atoms with Crippen LogP contribution in [0.3, 0.4) is 0 Å². The highest BCUT2D eigenvalue weighted by molar-refractivity contribution is 7.80. The summed E-state index contributed by atoms with van der Waals surface area (Å²) in [4.78, 5) is 0.971. The first-order valence-corrected chi connectivity index (χ1v) is 4.08. The molecule has 0 spiro atoms. The first-order chi connectivity index (χ1) is 5.25. The lowest BCUT2D eigenvalue weighted by Gasteiger charge is -2.05. The van der Waals surface area contributed by atoms with Gasteiger partial charge in [-0.1, -0.05) is 12.1 Å². The van der Waals surface area contributed by atoms with E-state index in [-0.39, 0.29) is 6.61 Å². The van der Waals surface area contributed by atoms with Gasteiger partial charge < -0.3 is 5.11 Å². The third-order valence-corrected chi connectivity index (χ3v) is 2.17. The molecule has 1 aromatic rings. The van der Waals surface area contributed by atoms with E-state index in [1.54, 1.807) is 0 Å². The molecule has 0 aliphatic carbocycles. The van der Waals surface area contributed by atoms with Gasteiger partial charge in [0.15, 0.2) is 0 Å². The zero-order valence-corrected chi connectivity index (χ0v) is 7.44. The van der Waals surface area contributed by atoms with E-state index < -0.39 is 0 Å². The quantitative estimate of drug-likeness (QED) is 0.645. The second-order valence-corrected chi connectivity index (χ2v) is 3.03. The van der Waals surface area contributed by atoms with E-state index in [9.17, 15) is 0 Å². The van der Waals surface area contributed by atoms with Gasteiger partial charge in [0.25, 0.3) is 0 Å². The van der Waals surface area contributed by atoms with Crippen molar-refractivity contribution in [2.24, 2.45) is 0 Å². The molecule has 1 nitrogen and oxygen atoms in total. The van der Waals surface area contributed by atoms with Gasteiger partial charge in [0, 0.05) is 11.5 Å². The van der Waals surface area contributed by atoms with Gasteiger partial charge in [-0.3, -0.25) is 0 Å². The Kier molecular flexibility index (Phi) is 2.97. The third kappa shape index (κ3) is 1.98. The molecule has 0 atom stereocenters. The molecule has 11 heavy (non-hydrogen) atoms. The van der Waals surface area contributed by atoms with Gasteiger partial charge in [0.05, 0.1) is 0 Å². The molecule has 1 aromatic carbocycles. The SMILES string of the molecule is Cc1cccc(S)c1CCO. The van der Waals surface area contributed by atoms with Crippen molar-refractivity contribution in [3.63, 3.8) is 0 Å². The Labute approximate surface area is 72.5 Å². The zero-order chi connectivity index (χ0) is 8.27. The summed E-state index contributed by atoms with van der Waals surface area (Å²) in [5.41, 5.74) is 2.35. The molecule has 0 saturated carbocycles. The van der Waals surface area contributed by atoms with Crippen molar-refractivity contribution in [3.8, 4) is 0 Å². The van der Waals surface area contributed by atoms with Crippen LogP contribution in [0.1, 0.15) is 11.1 Å². The molecule has 60 valence electrons. The smallest absolute Gasteiger partial charge is 0.0471 e. The fraction of sp³-hybridized carbons (Fsp3) is 0.333. The average molecular weight is 168 g/mol. The van der Waals surface area contributed by atoms with Crippen molar-refractivity contribution in [3.05, 3.63) is 29.3 Å². The van der Waals surface area contributed by atoms with E-state index in [1.807, 2.05) is 25.1 Å². The summed E-state index contributed by atoms with van der Waals surface area (Å²) in [6.45, 7) is 2.23. The van der Waals surface area contributed by atoms with Crippen molar-refractivity contribution in [2.75, 3.05) is 6.61 Å². The van der Waals surface area contributed by atoms with Gasteiger partial charge in [0.1, 0.15) is 0 Å². The summed E-state index contributed by atoms with van der Waals surface area (Å²) < 4.78 is 0. The lowest BCUT2D eigenvalue weighted by molar-refractivity contribution is 0.298. The normalized spacial score (nSPS) is 10.1. The highest BCUT2D eigenvalue weighted by Crippen LogP contribution is 2.17. The lowest BCUT2D eigenvalue weighted by Crippen LogP contribution is -1.95. The topological polar surface area (TPSA) is 20.2 Å². The fourth-order valence-electron chi connectivity index (χ4n) is 1.12. The minimum Gasteiger partial charge on any atom is -0.396 e. The van der Waals surface area contributed by atoms with Gasteiger partial charge in [0.2, 0.25) is 0 Å². The molecule has 0 fully saturated rings. The van der Waals surface area contributed by atoms with Gasteiger partial charge in [-0.15, -0.1) is 12.6 Å². The average Bonchev–Trinajstić information content (AvgIpc) is 1.97. The van der Waals surface area contributed by atoms with E-state index in [0.29, 0.717) is 6.42 Å². The summed E-state index contributed by atoms with van der Waals surface area (Å²) in [6.07, 6.45) is 0.700. The Morgan fingerprint density at radius 1 is 1.45 bits per heavy atom. The number of benzene rings is 1. The number of hydrogen-bond acceptors (Lipinski definition) is 2. The molecule has 0 unspecified atom stereocenters. The summed E-state index contributed by atoms with van der Waals surface area (Å²) >= 11 is 4.29. The molecule has 1 rings (SSSR count). The van der Waals surface area contributed by atoms with Crippen LogP contribution in [0.2, 0.25) is 0 Å². The lowest BCUT2D eigenvalue weighted by atomic mass is 10.1. The fourth-order valence-corrected chi connectivity index (χ4v) is 1.50. The number of aryl methyl sites for hydroxylation is 1. The minimum atomic E-state index is 0.193. The highest BCUT2D eigenvalue weighted by atomic mass is 32.1. The number of aliphatic hydroxyl groups excluding tert-OH is 1. The predicted octanol–water partition coefficient (Wildman–Crippen LogP) is 1.82. The number of hydrogen-bond donors (Lipinski definition) is 2. The Morgan fingerprint density at radius 2 is 2.18 bits per heavy atom. The van der Waals surface area contributed by atoms with Crippen LogP contribution in [-0.2, 0) is 6.42 Å². The second-order valence-electron chi connectivity index (χ2n) is 2.55. The minimum absolute atomic E-state index is 0.193. The van der Waals surface area contributed by atoms with Gasteiger partial charge in [-0.2, -0.15) is 0 Å². The van der Waals surface area contributed by atoms with Crippen molar-refractivity contribution >= 4 is 12.6 Å². The van der Waals surface area contributed by atoms with Crippen molar-refractivity contribution in [2.45, 2.75) is 18.2 Å². The van der Waals surface area contributed by atoms with Crippen molar-refractivity contribution < 1.29 is 5.11 Å². The molecule has 0 amide bonds. The molecular formula is C9H12OS. The monoisotopic (exact) mass is 168 g/mol. The summed E-state index contributed by atoms with van der Waals surface area (Å²) in [5, 5.41) is 8.73. The summed E-state index contributed by atoms with van der Waals surface area (Å²) in [5.74, 6) is 0. The van der Waals surface area contributed by atoms with Gasteiger partial charge in [-0.25, -0.2) is 0 Å². The first kappa shape index (κ1) is 8.62. The van der Waals surface area contributed by atoms with Crippen molar-refractivity contribution in [1.82, 2.24) is 0 Å². The highest BCUT2D eigenvalue weighted by Gasteiger charge is 2.00. The Hall–Kier alpha value is -0.470. The van der Waals surface area contributed by atoms with Crippen LogP contribution in [-0.4, -0.2) is 11.7 Å². The molecule has 0 heterocycles. The molecular weight excluding hydrogens is 156 g/mol. The van der Waals surface area contributed by atoms with Crippen LogP contribution in [0.4, 0.5) is 0 Å². The van der Waals surface area contributed by atoms with E-state index in [1.165, 1.54) is 5.56 Å². The van der Waals surface area contributed by atoms with Crippen molar-refractivity contribution in [1.29, 1.82) is 0 Å². The van der Waals surface area contributed by atoms with E-state index in [4.69, 9.17) is 5.11 Å².